The summed E-state index contributed by atoms with van der Waals surface area (Å²) in [5, 5.41) is 2.50. The number of likely N-dealkylation sites (tertiary alicyclic amines) is 1. The number of hydrogen-bond acceptors (Lipinski definition) is 3. The molecular weight excluding hydrogens is 325 g/mol. The highest BCUT2D eigenvalue weighted by Crippen LogP contribution is 2.30. The van der Waals surface area contributed by atoms with Gasteiger partial charge in [-0.3, -0.25) is 9.59 Å². The highest BCUT2D eigenvalue weighted by molar-refractivity contribution is 5.91. The van der Waals surface area contributed by atoms with Crippen LogP contribution in [-0.2, 0) is 20.5 Å². The van der Waals surface area contributed by atoms with E-state index in [2.05, 4.69) is 5.32 Å². The number of hydrogen-bond donors (Lipinski definition) is 2. The Balaban J connectivity index is 1.85. The van der Waals surface area contributed by atoms with Crippen LogP contribution in [0, 0.1) is 5.92 Å². The number of piperidine rings is 1. The van der Waals surface area contributed by atoms with Gasteiger partial charge in [0.05, 0.1) is 31.7 Å². The molecule has 1 fully saturated rings. The van der Waals surface area contributed by atoms with Crippen LogP contribution in [0.2, 0.25) is 0 Å². The standard InChI is InChI=1S/C16H19F3N2O3/c1-24-15(23)11-5-7-21(8-6-11)10-14(22)20-13-4-2-3-12(9-13)16(17,18)19/h2-4,9,11H,5-8,10H2,1H3,(H,20,22)/p+1. The highest BCUT2D eigenvalue weighted by Gasteiger charge is 2.31. The SMILES string of the molecule is COC(=O)C1CC[NH+](CC(=O)Nc2cccc(C(F)(F)F)c2)CC1. The predicted molar refractivity (Wildman–Crippen MR) is 80.4 cm³/mol. The van der Waals surface area contributed by atoms with E-state index in [1.54, 1.807) is 0 Å². The molecule has 0 saturated carbocycles. The molecule has 132 valence electrons. The summed E-state index contributed by atoms with van der Waals surface area (Å²) >= 11 is 0. The third-order valence-corrected chi connectivity index (χ3v) is 4.11. The first-order valence-electron chi connectivity index (χ1n) is 7.68. The van der Waals surface area contributed by atoms with Crippen molar-refractivity contribution < 1.29 is 32.4 Å². The number of alkyl halides is 3. The smallest absolute Gasteiger partial charge is 0.416 e. The van der Waals surface area contributed by atoms with E-state index >= 15 is 0 Å². The second-order valence-corrected chi connectivity index (χ2v) is 5.85. The molecule has 2 N–H and O–H groups in total. The molecule has 0 aromatic heterocycles. The Morgan fingerprint density at radius 3 is 2.54 bits per heavy atom. The Hall–Kier alpha value is -2.09. The van der Waals surface area contributed by atoms with E-state index < -0.39 is 11.7 Å². The number of amides is 1. The second-order valence-electron chi connectivity index (χ2n) is 5.85. The van der Waals surface area contributed by atoms with E-state index in [9.17, 15) is 22.8 Å². The van der Waals surface area contributed by atoms with E-state index in [-0.39, 0.29) is 30.0 Å². The minimum absolute atomic E-state index is 0.124. The normalized spacial score (nSPS) is 21.2. The van der Waals surface area contributed by atoms with Crippen LogP contribution in [0.3, 0.4) is 0 Å². The number of carbonyl (C=O) groups is 2. The topological polar surface area (TPSA) is 59.8 Å². The minimum atomic E-state index is -4.44. The molecule has 1 saturated heterocycles. The summed E-state index contributed by atoms with van der Waals surface area (Å²) in [7, 11) is 1.35. The number of quaternary nitrogens is 1. The van der Waals surface area contributed by atoms with Gasteiger partial charge in [-0.25, -0.2) is 0 Å². The Kier molecular flexibility index (Phi) is 5.82. The molecule has 0 unspecified atom stereocenters. The van der Waals surface area contributed by atoms with E-state index in [1.807, 2.05) is 0 Å². The molecule has 5 nitrogen and oxygen atoms in total. The number of halogens is 3. The van der Waals surface area contributed by atoms with Crippen LogP contribution in [0.5, 0.6) is 0 Å². The average molecular weight is 345 g/mol. The lowest BCUT2D eigenvalue weighted by Gasteiger charge is -2.27. The number of methoxy groups -OCH3 is 1. The van der Waals surface area contributed by atoms with Crippen molar-refractivity contribution in [1.82, 2.24) is 0 Å². The zero-order valence-electron chi connectivity index (χ0n) is 13.3. The number of carbonyl (C=O) groups excluding carboxylic acids is 2. The van der Waals surface area contributed by atoms with Crippen molar-refractivity contribution in [3.05, 3.63) is 29.8 Å². The van der Waals surface area contributed by atoms with E-state index in [4.69, 9.17) is 4.74 Å². The van der Waals surface area contributed by atoms with Gasteiger partial charge in [-0.2, -0.15) is 13.2 Å². The molecular formula is C16H20F3N2O3+. The molecule has 1 aliphatic heterocycles. The number of benzene rings is 1. The maximum atomic E-state index is 12.7. The molecule has 0 atom stereocenters. The van der Waals surface area contributed by atoms with Gasteiger partial charge in [-0.05, 0) is 18.2 Å². The van der Waals surface area contributed by atoms with Gasteiger partial charge in [0, 0.05) is 18.5 Å². The first kappa shape index (κ1) is 18.3. The Morgan fingerprint density at radius 1 is 1.29 bits per heavy atom. The van der Waals surface area contributed by atoms with E-state index in [0.29, 0.717) is 25.9 Å². The highest BCUT2D eigenvalue weighted by atomic mass is 19.4. The zero-order chi connectivity index (χ0) is 17.7. The first-order chi connectivity index (χ1) is 11.3. The molecule has 0 bridgehead atoms. The van der Waals surface area contributed by atoms with Gasteiger partial charge in [0.2, 0.25) is 0 Å². The maximum absolute atomic E-state index is 12.7. The lowest BCUT2D eigenvalue weighted by Crippen LogP contribution is -3.14. The molecule has 24 heavy (non-hydrogen) atoms. The van der Waals surface area contributed by atoms with Crippen molar-refractivity contribution in [3.8, 4) is 0 Å². The van der Waals surface area contributed by atoms with Gasteiger partial charge in [0.15, 0.2) is 6.54 Å². The molecule has 8 heteroatoms. The Morgan fingerprint density at radius 2 is 1.96 bits per heavy atom. The summed E-state index contributed by atoms with van der Waals surface area (Å²) in [5.41, 5.74) is -0.676. The predicted octanol–water partition coefficient (Wildman–Crippen LogP) is 1.11. The quantitative estimate of drug-likeness (QED) is 0.804. The van der Waals surface area contributed by atoms with Gasteiger partial charge < -0.3 is 15.0 Å². The largest absolute Gasteiger partial charge is 0.469 e. The number of esters is 1. The average Bonchev–Trinajstić information content (AvgIpc) is 2.54. The molecule has 0 radical (unpaired) electrons. The second kappa shape index (κ2) is 7.65. The molecule has 2 rings (SSSR count). The summed E-state index contributed by atoms with van der Waals surface area (Å²) in [6.45, 7) is 1.45. The molecule has 1 aliphatic rings. The fourth-order valence-corrected chi connectivity index (χ4v) is 2.81. The van der Waals surface area contributed by atoms with Gasteiger partial charge >= 0.3 is 12.1 Å². The first-order valence-corrected chi connectivity index (χ1v) is 7.68. The number of nitrogens with one attached hydrogen (secondary N) is 2. The van der Waals surface area contributed by atoms with Crippen LogP contribution in [0.25, 0.3) is 0 Å². The van der Waals surface area contributed by atoms with Crippen LogP contribution in [-0.4, -0.2) is 38.6 Å². The lowest BCUT2D eigenvalue weighted by atomic mass is 9.97. The minimum Gasteiger partial charge on any atom is -0.469 e. The summed E-state index contributed by atoms with van der Waals surface area (Å²) < 4.78 is 42.7. The van der Waals surface area contributed by atoms with Crippen LogP contribution in [0.1, 0.15) is 18.4 Å². The van der Waals surface area contributed by atoms with Crippen molar-refractivity contribution in [3.63, 3.8) is 0 Å². The third kappa shape index (κ3) is 4.95. The number of anilines is 1. The van der Waals surface area contributed by atoms with Crippen LogP contribution in [0.15, 0.2) is 24.3 Å². The van der Waals surface area contributed by atoms with Gasteiger partial charge in [0.1, 0.15) is 0 Å². The van der Waals surface area contributed by atoms with Crippen molar-refractivity contribution in [2.24, 2.45) is 5.92 Å². The van der Waals surface area contributed by atoms with Crippen LogP contribution < -0.4 is 10.2 Å². The van der Waals surface area contributed by atoms with Crippen LogP contribution in [0.4, 0.5) is 18.9 Å². The summed E-state index contributed by atoms with van der Waals surface area (Å²) in [5.74, 6) is -0.714. The van der Waals surface area contributed by atoms with E-state index in [1.165, 1.54) is 19.2 Å². The van der Waals surface area contributed by atoms with Crippen molar-refractivity contribution in [1.29, 1.82) is 0 Å². The van der Waals surface area contributed by atoms with Gasteiger partial charge in [0.25, 0.3) is 5.91 Å². The van der Waals surface area contributed by atoms with E-state index in [0.717, 1.165) is 17.0 Å². The van der Waals surface area contributed by atoms with Crippen molar-refractivity contribution in [2.45, 2.75) is 19.0 Å². The summed E-state index contributed by atoms with van der Waals surface area (Å²) in [6.07, 6.45) is -3.17. The molecule has 1 amide bonds. The zero-order valence-corrected chi connectivity index (χ0v) is 13.3. The fraction of sp³-hybridized carbons (Fsp3) is 0.500. The monoisotopic (exact) mass is 345 g/mol. The van der Waals surface area contributed by atoms with Crippen molar-refractivity contribution in [2.75, 3.05) is 32.1 Å². The number of ether oxygens (including phenoxy) is 1. The van der Waals surface area contributed by atoms with Gasteiger partial charge in [-0.15, -0.1) is 0 Å². The maximum Gasteiger partial charge on any atom is 0.416 e. The Labute approximate surface area is 137 Å². The number of rotatable bonds is 4. The fourth-order valence-electron chi connectivity index (χ4n) is 2.81. The Bertz CT molecular complexity index is 596. The molecule has 1 heterocycles. The molecule has 0 spiro atoms. The van der Waals surface area contributed by atoms with Gasteiger partial charge in [-0.1, -0.05) is 6.07 Å². The van der Waals surface area contributed by atoms with Crippen LogP contribution >= 0.6 is 0 Å². The third-order valence-electron chi connectivity index (χ3n) is 4.11. The molecule has 1 aromatic carbocycles. The molecule has 0 aliphatic carbocycles. The summed E-state index contributed by atoms with van der Waals surface area (Å²) in [4.78, 5) is 24.5. The summed E-state index contributed by atoms with van der Waals surface area (Å²) in [6, 6.07) is 4.55. The molecule has 1 aromatic rings. The van der Waals surface area contributed by atoms with Crippen molar-refractivity contribution >= 4 is 17.6 Å². The lowest BCUT2D eigenvalue weighted by molar-refractivity contribution is -0.897.